The Bertz CT molecular complexity index is 882. The van der Waals surface area contributed by atoms with Crippen LogP contribution in [0.25, 0.3) is 0 Å². The predicted molar refractivity (Wildman–Crippen MR) is 95.6 cm³/mol. The summed E-state index contributed by atoms with van der Waals surface area (Å²) in [7, 11) is 0. The zero-order valence-electron chi connectivity index (χ0n) is 13.4. The molecular weight excluding hydrogens is 360 g/mol. The number of hydrogen-bond donors (Lipinski definition) is 0. The van der Waals surface area contributed by atoms with Crippen LogP contribution in [0.5, 0.6) is 0 Å². The van der Waals surface area contributed by atoms with E-state index in [1.165, 1.54) is 11.8 Å². The fourth-order valence-electron chi connectivity index (χ4n) is 2.14. The van der Waals surface area contributed by atoms with Crippen LogP contribution < -0.4 is 0 Å². The third kappa shape index (κ3) is 4.61. The fraction of sp³-hybridized carbons (Fsp3) is 0.167. The maximum absolute atomic E-state index is 12.4. The van der Waals surface area contributed by atoms with Crippen molar-refractivity contribution in [3.05, 3.63) is 76.4 Å². The summed E-state index contributed by atoms with van der Waals surface area (Å²) in [5, 5.41) is 4.33. The van der Waals surface area contributed by atoms with Crippen molar-refractivity contribution in [2.45, 2.75) is 24.2 Å². The quantitative estimate of drug-likeness (QED) is 0.461. The average Bonchev–Trinajstić information content (AvgIpc) is 3.04. The number of nitrogens with zero attached hydrogens (tertiary/aromatic N) is 2. The lowest BCUT2D eigenvalue weighted by Crippen LogP contribution is -2.07. The number of halogens is 1. The summed E-state index contributed by atoms with van der Waals surface area (Å²) in [6.07, 6.45) is 0. The van der Waals surface area contributed by atoms with E-state index in [0.29, 0.717) is 28.1 Å². The highest BCUT2D eigenvalue weighted by Crippen LogP contribution is 2.27. The van der Waals surface area contributed by atoms with E-state index >= 15 is 0 Å². The van der Waals surface area contributed by atoms with Crippen LogP contribution in [0.2, 0.25) is 5.02 Å². The van der Waals surface area contributed by atoms with Gasteiger partial charge in [-0.3, -0.25) is 0 Å². The third-order valence-corrected chi connectivity index (χ3v) is 4.77. The number of hydrogen-bond acceptors (Lipinski definition) is 6. The second-order valence-corrected chi connectivity index (χ2v) is 6.61. The van der Waals surface area contributed by atoms with Gasteiger partial charge in [-0.2, -0.15) is 4.98 Å². The van der Waals surface area contributed by atoms with Crippen molar-refractivity contribution in [2.75, 3.05) is 0 Å². The largest absolute Gasteiger partial charge is 0.457 e. The van der Waals surface area contributed by atoms with Crippen LogP contribution in [0, 0.1) is 6.92 Å². The zero-order valence-corrected chi connectivity index (χ0v) is 15.0. The van der Waals surface area contributed by atoms with Crippen molar-refractivity contribution in [1.82, 2.24) is 10.1 Å². The Morgan fingerprint density at radius 1 is 1.20 bits per heavy atom. The van der Waals surface area contributed by atoms with Crippen molar-refractivity contribution in [3.8, 4) is 0 Å². The number of aromatic nitrogens is 2. The van der Waals surface area contributed by atoms with E-state index in [1.807, 2.05) is 30.3 Å². The topological polar surface area (TPSA) is 65.2 Å². The fourth-order valence-corrected chi connectivity index (χ4v) is 3.20. The number of carbonyl (C=O) groups is 1. The molecule has 0 radical (unpaired) electrons. The summed E-state index contributed by atoms with van der Waals surface area (Å²) in [6, 6.07) is 14.5. The van der Waals surface area contributed by atoms with Crippen LogP contribution in [0.4, 0.5) is 0 Å². The van der Waals surface area contributed by atoms with E-state index in [9.17, 15) is 4.79 Å². The Morgan fingerprint density at radius 2 is 1.96 bits per heavy atom. The summed E-state index contributed by atoms with van der Waals surface area (Å²) in [5.41, 5.74) is 1.26. The highest BCUT2D eigenvalue weighted by atomic mass is 35.5. The van der Waals surface area contributed by atoms with Gasteiger partial charge in [0.2, 0.25) is 5.89 Å². The van der Waals surface area contributed by atoms with Crippen LogP contribution in [0.1, 0.15) is 27.6 Å². The highest BCUT2D eigenvalue weighted by Gasteiger charge is 2.15. The van der Waals surface area contributed by atoms with Crippen LogP contribution in [0.15, 0.2) is 57.9 Å². The standard InChI is InChI=1S/C18H15ClN2O3S/c1-12-20-17(24-21-12)11-25-16-9-5-3-7-14(16)18(22)23-10-13-6-2-4-8-15(13)19/h2-9H,10-11H2,1H3. The molecule has 0 unspecified atom stereocenters. The minimum atomic E-state index is -0.398. The summed E-state index contributed by atoms with van der Waals surface area (Å²) >= 11 is 7.53. The molecule has 0 saturated heterocycles. The molecule has 2 aromatic carbocycles. The molecule has 0 aliphatic carbocycles. The average molecular weight is 375 g/mol. The lowest BCUT2D eigenvalue weighted by molar-refractivity contribution is 0.0468. The summed E-state index contributed by atoms with van der Waals surface area (Å²) in [6.45, 7) is 1.89. The number of ether oxygens (including phenoxy) is 1. The van der Waals surface area contributed by atoms with Crippen LogP contribution in [-0.4, -0.2) is 16.1 Å². The highest BCUT2D eigenvalue weighted by molar-refractivity contribution is 7.98. The second-order valence-electron chi connectivity index (χ2n) is 5.19. The molecule has 1 aromatic heterocycles. The monoisotopic (exact) mass is 374 g/mol. The van der Waals surface area contributed by atoms with Gasteiger partial charge in [0.1, 0.15) is 6.61 Å². The van der Waals surface area contributed by atoms with Gasteiger partial charge in [-0.15, -0.1) is 11.8 Å². The molecule has 0 aliphatic rings. The van der Waals surface area contributed by atoms with Crippen LogP contribution in [-0.2, 0) is 17.1 Å². The van der Waals surface area contributed by atoms with Gasteiger partial charge in [0.15, 0.2) is 5.82 Å². The Hall–Kier alpha value is -2.31. The maximum Gasteiger partial charge on any atom is 0.339 e. The molecule has 0 atom stereocenters. The Kier molecular flexibility index (Phi) is 5.73. The van der Waals surface area contributed by atoms with Gasteiger partial charge >= 0.3 is 5.97 Å². The van der Waals surface area contributed by atoms with Gasteiger partial charge in [-0.25, -0.2) is 4.79 Å². The first-order valence-electron chi connectivity index (χ1n) is 7.55. The van der Waals surface area contributed by atoms with Crippen molar-refractivity contribution < 1.29 is 14.1 Å². The summed E-state index contributed by atoms with van der Waals surface area (Å²) in [4.78, 5) is 17.4. The van der Waals surface area contributed by atoms with Gasteiger partial charge in [-0.05, 0) is 25.1 Å². The van der Waals surface area contributed by atoms with E-state index in [0.717, 1.165) is 10.5 Å². The number of benzene rings is 2. The molecule has 3 aromatic rings. The SMILES string of the molecule is Cc1noc(CSc2ccccc2C(=O)OCc2ccccc2Cl)n1. The normalized spacial score (nSPS) is 10.6. The van der Waals surface area contributed by atoms with Gasteiger partial charge in [0.05, 0.1) is 11.3 Å². The molecule has 0 bridgehead atoms. The molecular formula is C18H15ClN2O3S. The van der Waals surface area contributed by atoms with E-state index < -0.39 is 5.97 Å². The van der Waals surface area contributed by atoms with Crippen molar-refractivity contribution in [2.24, 2.45) is 0 Å². The molecule has 25 heavy (non-hydrogen) atoms. The van der Waals surface area contributed by atoms with Gasteiger partial charge < -0.3 is 9.26 Å². The molecule has 0 N–H and O–H groups in total. The van der Waals surface area contributed by atoms with Gasteiger partial charge in [0, 0.05) is 15.5 Å². The molecule has 0 aliphatic heterocycles. The minimum absolute atomic E-state index is 0.125. The minimum Gasteiger partial charge on any atom is -0.457 e. The predicted octanol–water partition coefficient (Wildman–Crippen LogP) is 4.68. The van der Waals surface area contributed by atoms with E-state index in [-0.39, 0.29) is 6.61 Å². The molecule has 0 spiro atoms. The number of carbonyl (C=O) groups excluding carboxylic acids is 1. The van der Waals surface area contributed by atoms with Crippen molar-refractivity contribution in [1.29, 1.82) is 0 Å². The smallest absolute Gasteiger partial charge is 0.339 e. The summed E-state index contributed by atoms with van der Waals surface area (Å²) in [5.74, 6) is 1.19. The number of rotatable bonds is 6. The molecule has 0 fully saturated rings. The van der Waals surface area contributed by atoms with Crippen molar-refractivity contribution >= 4 is 29.3 Å². The van der Waals surface area contributed by atoms with Gasteiger partial charge in [0.25, 0.3) is 0 Å². The van der Waals surface area contributed by atoms with Crippen molar-refractivity contribution in [3.63, 3.8) is 0 Å². The Labute approximate surface area is 154 Å². The molecule has 1 heterocycles. The first-order chi connectivity index (χ1) is 12.1. The summed E-state index contributed by atoms with van der Waals surface area (Å²) < 4.78 is 10.5. The molecule has 128 valence electrons. The third-order valence-electron chi connectivity index (χ3n) is 3.34. The number of aryl methyl sites for hydroxylation is 1. The lowest BCUT2D eigenvalue weighted by Gasteiger charge is -2.09. The lowest BCUT2D eigenvalue weighted by atomic mass is 10.2. The van der Waals surface area contributed by atoms with E-state index in [2.05, 4.69) is 10.1 Å². The molecule has 3 rings (SSSR count). The Balaban J connectivity index is 1.67. The van der Waals surface area contributed by atoms with E-state index in [1.54, 1.807) is 25.1 Å². The van der Waals surface area contributed by atoms with E-state index in [4.69, 9.17) is 20.9 Å². The second kappa shape index (κ2) is 8.18. The zero-order chi connectivity index (χ0) is 17.6. The number of esters is 1. The Morgan fingerprint density at radius 3 is 2.72 bits per heavy atom. The molecule has 7 heteroatoms. The van der Waals surface area contributed by atoms with Crippen LogP contribution in [0.3, 0.4) is 0 Å². The number of thioether (sulfide) groups is 1. The first kappa shape index (κ1) is 17.5. The molecule has 0 saturated carbocycles. The first-order valence-corrected chi connectivity index (χ1v) is 8.91. The maximum atomic E-state index is 12.4. The van der Waals surface area contributed by atoms with Gasteiger partial charge in [-0.1, -0.05) is 47.1 Å². The molecule has 0 amide bonds. The molecule has 5 nitrogen and oxygen atoms in total. The van der Waals surface area contributed by atoms with Crippen LogP contribution >= 0.6 is 23.4 Å².